The lowest BCUT2D eigenvalue weighted by molar-refractivity contribution is 0.138. The van der Waals surface area contributed by atoms with Gasteiger partial charge in [0.25, 0.3) is 0 Å². The van der Waals surface area contributed by atoms with Gasteiger partial charge in [-0.1, -0.05) is 19.1 Å². The number of benzene rings is 1. The van der Waals surface area contributed by atoms with E-state index in [-0.39, 0.29) is 17.4 Å². The molecule has 0 saturated carbocycles. The van der Waals surface area contributed by atoms with Gasteiger partial charge in [-0.05, 0) is 65.0 Å². The van der Waals surface area contributed by atoms with Crippen LogP contribution in [0.2, 0.25) is 0 Å². The van der Waals surface area contributed by atoms with Gasteiger partial charge in [0.2, 0.25) is 0 Å². The Morgan fingerprint density at radius 3 is 2.42 bits per heavy atom. The van der Waals surface area contributed by atoms with Crippen molar-refractivity contribution in [3.8, 4) is 0 Å². The van der Waals surface area contributed by atoms with Crippen LogP contribution in [0.4, 0.5) is 4.39 Å². The SMILES string of the molecule is CCCNC(c1ccc(F)c(C)c1)C(C)(C)N(C)C. The second-order valence-corrected chi connectivity index (χ2v) is 5.94. The van der Waals surface area contributed by atoms with Gasteiger partial charge in [-0.2, -0.15) is 0 Å². The molecule has 0 aliphatic heterocycles. The van der Waals surface area contributed by atoms with Gasteiger partial charge < -0.3 is 10.2 Å². The van der Waals surface area contributed by atoms with Crippen LogP contribution >= 0.6 is 0 Å². The van der Waals surface area contributed by atoms with E-state index in [9.17, 15) is 4.39 Å². The lowest BCUT2D eigenvalue weighted by atomic mass is 9.86. The molecular weight excluding hydrogens is 239 g/mol. The monoisotopic (exact) mass is 266 g/mol. The number of nitrogens with one attached hydrogen (secondary N) is 1. The summed E-state index contributed by atoms with van der Waals surface area (Å²) < 4.78 is 13.4. The van der Waals surface area contributed by atoms with E-state index in [0.29, 0.717) is 5.56 Å². The number of nitrogens with zero attached hydrogens (tertiary/aromatic N) is 1. The maximum atomic E-state index is 13.4. The van der Waals surface area contributed by atoms with E-state index in [1.807, 2.05) is 19.1 Å². The molecule has 1 rings (SSSR count). The van der Waals surface area contributed by atoms with E-state index in [2.05, 4.69) is 45.1 Å². The Morgan fingerprint density at radius 1 is 1.32 bits per heavy atom. The first-order valence-electron chi connectivity index (χ1n) is 6.97. The number of rotatable bonds is 6. The van der Waals surface area contributed by atoms with Crippen LogP contribution in [-0.2, 0) is 0 Å². The summed E-state index contributed by atoms with van der Waals surface area (Å²) in [6.07, 6.45) is 1.08. The first-order chi connectivity index (χ1) is 8.80. The third-order valence-corrected chi connectivity index (χ3v) is 3.97. The van der Waals surface area contributed by atoms with Gasteiger partial charge in [0.1, 0.15) is 5.82 Å². The van der Waals surface area contributed by atoms with Gasteiger partial charge >= 0.3 is 0 Å². The smallest absolute Gasteiger partial charge is 0.126 e. The standard InChI is InChI=1S/C16H27FN2/c1-7-10-18-15(16(3,4)19(5)6)13-8-9-14(17)12(2)11-13/h8-9,11,15,18H,7,10H2,1-6H3. The van der Waals surface area contributed by atoms with Crippen molar-refractivity contribution < 1.29 is 4.39 Å². The first-order valence-corrected chi connectivity index (χ1v) is 6.97. The summed E-state index contributed by atoms with van der Waals surface area (Å²) in [6, 6.07) is 5.59. The highest BCUT2D eigenvalue weighted by Gasteiger charge is 2.32. The van der Waals surface area contributed by atoms with E-state index < -0.39 is 0 Å². The van der Waals surface area contributed by atoms with Crippen LogP contribution in [0, 0.1) is 12.7 Å². The fraction of sp³-hybridized carbons (Fsp3) is 0.625. The predicted molar refractivity (Wildman–Crippen MR) is 79.9 cm³/mol. The Bertz CT molecular complexity index is 413. The van der Waals surface area contributed by atoms with Crippen LogP contribution in [0.1, 0.15) is 44.4 Å². The molecule has 2 nitrogen and oxygen atoms in total. The van der Waals surface area contributed by atoms with Gasteiger partial charge in [-0.15, -0.1) is 0 Å². The minimum atomic E-state index is -0.138. The second kappa shape index (κ2) is 6.49. The lowest BCUT2D eigenvalue weighted by Gasteiger charge is -2.41. The Kier molecular flexibility index (Phi) is 5.50. The third-order valence-electron chi connectivity index (χ3n) is 3.97. The predicted octanol–water partition coefficient (Wildman–Crippen LogP) is 3.52. The van der Waals surface area contributed by atoms with Crippen LogP contribution < -0.4 is 5.32 Å². The van der Waals surface area contributed by atoms with Crippen LogP contribution in [0.15, 0.2) is 18.2 Å². The molecular formula is C16H27FN2. The molecule has 0 spiro atoms. The number of halogens is 1. The molecule has 19 heavy (non-hydrogen) atoms. The molecule has 1 aromatic rings. The van der Waals surface area contributed by atoms with Crippen LogP contribution in [0.25, 0.3) is 0 Å². The highest BCUT2D eigenvalue weighted by atomic mass is 19.1. The van der Waals surface area contributed by atoms with E-state index in [1.54, 1.807) is 6.07 Å². The zero-order valence-electron chi connectivity index (χ0n) is 13.0. The molecule has 0 fully saturated rings. The van der Waals surface area contributed by atoms with Crippen molar-refractivity contribution in [3.63, 3.8) is 0 Å². The molecule has 1 unspecified atom stereocenters. The Hall–Kier alpha value is -0.930. The van der Waals surface area contributed by atoms with E-state index in [0.717, 1.165) is 18.5 Å². The highest BCUT2D eigenvalue weighted by Crippen LogP contribution is 2.30. The van der Waals surface area contributed by atoms with E-state index in [1.165, 1.54) is 0 Å². The zero-order chi connectivity index (χ0) is 14.6. The van der Waals surface area contributed by atoms with Crippen molar-refractivity contribution >= 4 is 0 Å². The summed E-state index contributed by atoms with van der Waals surface area (Å²) in [5, 5.41) is 3.59. The molecule has 0 amide bonds. The van der Waals surface area contributed by atoms with Gasteiger partial charge in [0.15, 0.2) is 0 Å². The molecule has 0 bridgehead atoms. The molecule has 0 radical (unpaired) electrons. The highest BCUT2D eigenvalue weighted by molar-refractivity contribution is 5.28. The molecule has 0 saturated heterocycles. The minimum Gasteiger partial charge on any atom is -0.308 e. The second-order valence-electron chi connectivity index (χ2n) is 5.94. The molecule has 3 heteroatoms. The number of aryl methyl sites for hydroxylation is 1. The molecule has 0 aliphatic carbocycles. The third kappa shape index (κ3) is 3.77. The van der Waals surface area contributed by atoms with Gasteiger partial charge in [0.05, 0.1) is 6.04 Å². The lowest BCUT2D eigenvalue weighted by Crippen LogP contribution is -2.49. The fourth-order valence-electron chi connectivity index (χ4n) is 2.17. The molecule has 0 aliphatic rings. The number of hydrogen-bond acceptors (Lipinski definition) is 2. The average molecular weight is 266 g/mol. The summed E-state index contributed by atoms with van der Waals surface area (Å²) >= 11 is 0. The van der Waals surface area contributed by atoms with Crippen LogP contribution in [0.3, 0.4) is 0 Å². The molecule has 1 atom stereocenters. The maximum absolute atomic E-state index is 13.4. The first kappa shape index (κ1) is 16.1. The van der Waals surface area contributed by atoms with Gasteiger partial charge in [-0.3, -0.25) is 0 Å². The average Bonchev–Trinajstić information content (AvgIpc) is 2.33. The molecule has 0 heterocycles. The summed E-state index contributed by atoms with van der Waals surface area (Å²) in [5.74, 6) is -0.138. The van der Waals surface area contributed by atoms with Crippen LogP contribution in [-0.4, -0.2) is 31.1 Å². The van der Waals surface area contributed by atoms with Crippen molar-refractivity contribution in [2.75, 3.05) is 20.6 Å². The quantitative estimate of drug-likeness (QED) is 0.847. The Labute approximate surface area is 117 Å². The molecule has 0 aromatic heterocycles. The van der Waals surface area contributed by atoms with Gasteiger partial charge in [0, 0.05) is 5.54 Å². The Balaban J connectivity index is 3.12. The van der Waals surface area contributed by atoms with E-state index in [4.69, 9.17) is 0 Å². The van der Waals surface area contributed by atoms with Crippen molar-refractivity contribution in [2.24, 2.45) is 0 Å². The molecule has 108 valence electrons. The summed E-state index contributed by atoms with van der Waals surface area (Å²) in [7, 11) is 4.16. The number of hydrogen-bond donors (Lipinski definition) is 1. The van der Waals surface area contributed by atoms with Crippen molar-refractivity contribution in [2.45, 2.75) is 45.7 Å². The summed E-state index contributed by atoms with van der Waals surface area (Å²) in [6.45, 7) is 9.34. The summed E-state index contributed by atoms with van der Waals surface area (Å²) in [5.41, 5.74) is 1.81. The van der Waals surface area contributed by atoms with Crippen molar-refractivity contribution in [3.05, 3.63) is 35.1 Å². The van der Waals surface area contributed by atoms with Crippen molar-refractivity contribution in [1.29, 1.82) is 0 Å². The largest absolute Gasteiger partial charge is 0.308 e. The normalized spacial score (nSPS) is 13.9. The molecule has 1 aromatic carbocycles. The zero-order valence-corrected chi connectivity index (χ0v) is 13.0. The molecule has 1 N–H and O–H groups in total. The minimum absolute atomic E-state index is 0.0422. The fourth-order valence-corrected chi connectivity index (χ4v) is 2.17. The van der Waals surface area contributed by atoms with E-state index >= 15 is 0 Å². The summed E-state index contributed by atoms with van der Waals surface area (Å²) in [4.78, 5) is 2.21. The van der Waals surface area contributed by atoms with Crippen molar-refractivity contribution in [1.82, 2.24) is 10.2 Å². The van der Waals surface area contributed by atoms with Gasteiger partial charge in [-0.25, -0.2) is 4.39 Å². The maximum Gasteiger partial charge on any atom is 0.126 e. The van der Waals surface area contributed by atoms with Crippen LogP contribution in [0.5, 0.6) is 0 Å². The topological polar surface area (TPSA) is 15.3 Å². The Morgan fingerprint density at radius 2 is 1.95 bits per heavy atom. The number of likely N-dealkylation sites (N-methyl/N-ethyl adjacent to an activating group) is 1.